The van der Waals surface area contributed by atoms with Gasteiger partial charge in [0.05, 0.1) is 16.8 Å². The molecule has 1 aromatic heterocycles. The van der Waals surface area contributed by atoms with Gasteiger partial charge in [0.1, 0.15) is 11.5 Å². The lowest BCUT2D eigenvalue weighted by Gasteiger charge is -2.08. The Bertz CT molecular complexity index is 1100. The van der Waals surface area contributed by atoms with Crippen LogP contribution in [0.3, 0.4) is 0 Å². The molecule has 1 heterocycles. The average Bonchev–Trinajstić information content (AvgIpc) is 3.14. The number of hydrogen-bond donors (Lipinski definition) is 3. The van der Waals surface area contributed by atoms with Crippen LogP contribution < -0.4 is 5.32 Å². The summed E-state index contributed by atoms with van der Waals surface area (Å²) in [5.74, 6) is 1.10. The van der Waals surface area contributed by atoms with Crippen LogP contribution in [0.4, 0.5) is 0 Å². The molecule has 0 amide bonds. The summed E-state index contributed by atoms with van der Waals surface area (Å²) in [7, 11) is 1.90. The number of nitrogens with zero attached hydrogens (tertiary/aromatic N) is 3. The fourth-order valence-corrected chi connectivity index (χ4v) is 3.07. The zero-order valence-electron chi connectivity index (χ0n) is 15.4. The number of para-hydroxylation sites is 2. The monoisotopic (exact) mass is 372 g/mol. The van der Waals surface area contributed by atoms with E-state index in [1.165, 1.54) is 0 Å². The summed E-state index contributed by atoms with van der Waals surface area (Å²) < 4.78 is 1.68. The maximum Gasteiger partial charge on any atom is 0.185 e. The van der Waals surface area contributed by atoms with E-state index in [1.54, 1.807) is 41.1 Å². The van der Waals surface area contributed by atoms with E-state index in [4.69, 9.17) is 0 Å². The highest BCUT2D eigenvalue weighted by atomic mass is 16.3. The number of aromatic nitrogens is 3. The smallest absolute Gasteiger partial charge is 0.185 e. The fraction of sp³-hybridized carbons (Fsp3) is 0.0909. The van der Waals surface area contributed by atoms with E-state index in [9.17, 15) is 10.2 Å². The first-order valence-electron chi connectivity index (χ1n) is 8.95. The number of phenols is 2. The molecule has 0 saturated carbocycles. The van der Waals surface area contributed by atoms with E-state index in [0.717, 1.165) is 17.8 Å². The first-order chi connectivity index (χ1) is 13.7. The third-order valence-corrected chi connectivity index (χ3v) is 4.46. The van der Waals surface area contributed by atoms with Crippen molar-refractivity contribution < 1.29 is 10.2 Å². The Morgan fingerprint density at radius 3 is 2.04 bits per heavy atom. The van der Waals surface area contributed by atoms with E-state index in [-0.39, 0.29) is 11.5 Å². The quantitative estimate of drug-likeness (QED) is 0.497. The number of hydrogen-bond acceptors (Lipinski definition) is 5. The van der Waals surface area contributed by atoms with E-state index in [1.807, 2.05) is 43.4 Å². The van der Waals surface area contributed by atoms with Crippen LogP contribution in [0.25, 0.3) is 28.5 Å². The summed E-state index contributed by atoms with van der Waals surface area (Å²) in [5.41, 5.74) is 3.06. The second kappa shape index (κ2) is 7.54. The highest BCUT2D eigenvalue weighted by Gasteiger charge is 2.18. The van der Waals surface area contributed by atoms with Crippen LogP contribution in [0.5, 0.6) is 11.5 Å². The van der Waals surface area contributed by atoms with Crippen molar-refractivity contribution in [3.8, 4) is 40.0 Å². The number of benzene rings is 3. The van der Waals surface area contributed by atoms with Gasteiger partial charge in [0.2, 0.25) is 0 Å². The van der Waals surface area contributed by atoms with Crippen molar-refractivity contribution in [2.24, 2.45) is 0 Å². The van der Waals surface area contributed by atoms with Crippen LogP contribution in [0, 0.1) is 0 Å². The first kappa shape index (κ1) is 17.8. The van der Waals surface area contributed by atoms with Crippen molar-refractivity contribution in [3.05, 3.63) is 78.4 Å². The molecule has 0 atom stereocenters. The molecule has 4 aromatic rings. The zero-order valence-corrected chi connectivity index (χ0v) is 15.4. The third kappa shape index (κ3) is 3.33. The van der Waals surface area contributed by atoms with Gasteiger partial charge in [0, 0.05) is 6.54 Å². The Kier molecular flexibility index (Phi) is 4.78. The van der Waals surface area contributed by atoms with Gasteiger partial charge in [-0.3, -0.25) is 0 Å². The van der Waals surface area contributed by atoms with Crippen molar-refractivity contribution in [3.63, 3.8) is 0 Å². The van der Waals surface area contributed by atoms with Crippen LogP contribution in [0.15, 0.2) is 72.8 Å². The molecule has 6 heteroatoms. The molecule has 0 radical (unpaired) electrons. The van der Waals surface area contributed by atoms with Gasteiger partial charge in [0.15, 0.2) is 11.6 Å². The van der Waals surface area contributed by atoms with Gasteiger partial charge in [-0.2, -0.15) is 0 Å². The lowest BCUT2D eigenvalue weighted by molar-refractivity contribution is 0.476. The van der Waals surface area contributed by atoms with Crippen LogP contribution >= 0.6 is 0 Å². The van der Waals surface area contributed by atoms with Gasteiger partial charge in [-0.1, -0.05) is 36.4 Å². The fourth-order valence-electron chi connectivity index (χ4n) is 3.07. The molecule has 0 saturated heterocycles. The molecule has 0 spiro atoms. The molecule has 0 unspecified atom stereocenters. The van der Waals surface area contributed by atoms with Crippen molar-refractivity contribution in [1.29, 1.82) is 0 Å². The van der Waals surface area contributed by atoms with Gasteiger partial charge in [0.25, 0.3) is 0 Å². The van der Waals surface area contributed by atoms with Crippen LogP contribution in [0.2, 0.25) is 0 Å². The molecule has 140 valence electrons. The minimum absolute atomic E-state index is 0.104. The van der Waals surface area contributed by atoms with E-state index < -0.39 is 0 Å². The van der Waals surface area contributed by atoms with Crippen molar-refractivity contribution >= 4 is 0 Å². The molecule has 28 heavy (non-hydrogen) atoms. The molecular formula is C22H20N4O2. The summed E-state index contributed by atoms with van der Waals surface area (Å²) in [6.07, 6.45) is 0. The van der Waals surface area contributed by atoms with E-state index in [2.05, 4.69) is 15.4 Å². The molecule has 3 N–H and O–H groups in total. The number of nitrogens with one attached hydrogen (secondary N) is 1. The molecule has 0 aliphatic carbocycles. The Labute approximate surface area is 162 Å². The second-order valence-corrected chi connectivity index (χ2v) is 6.40. The van der Waals surface area contributed by atoms with Gasteiger partial charge in [-0.25, -0.2) is 9.67 Å². The predicted molar refractivity (Wildman–Crippen MR) is 108 cm³/mol. The Morgan fingerprint density at radius 1 is 0.821 bits per heavy atom. The van der Waals surface area contributed by atoms with Crippen molar-refractivity contribution in [2.75, 3.05) is 7.05 Å². The predicted octanol–water partition coefficient (Wildman–Crippen LogP) is 3.73. The van der Waals surface area contributed by atoms with Crippen LogP contribution in [0.1, 0.15) is 5.56 Å². The SMILES string of the molecule is CNCc1ccc(-n2nc(-c3ccccc3O)nc2-c2ccccc2O)cc1. The van der Waals surface area contributed by atoms with Gasteiger partial charge >= 0.3 is 0 Å². The molecular weight excluding hydrogens is 352 g/mol. The largest absolute Gasteiger partial charge is 0.507 e. The highest BCUT2D eigenvalue weighted by Crippen LogP contribution is 2.33. The molecule has 0 fully saturated rings. The number of rotatable bonds is 5. The third-order valence-electron chi connectivity index (χ3n) is 4.46. The minimum atomic E-state index is 0.104. The van der Waals surface area contributed by atoms with E-state index in [0.29, 0.717) is 22.8 Å². The topological polar surface area (TPSA) is 83.2 Å². The maximum absolute atomic E-state index is 10.3. The minimum Gasteiger partial charge on any atom is -0.507 e. The Morgan fingerprint density at radius 2 is 1.43 bits per heavy atom. The Balaban J connectivity index is 1.88. The average molecular weight is 372 g/mol. The van der Waals surface area contributed by atoms with Gasteiger partial charge in [-0.05, 0) is 49.0 Å². The number of phenolic OH excluding ortho intramolecular Hbond substituents is 2. The maximum atomic E-state index is 10.3. The second-order valence-electron chi connectivity index (χ2n) is 6.40. The molecule has 4 rings (SSSR count). The van der Waals surface area contributed by atoms with Gasteiger partial charge in [-0.15, -0.1) is 5.10 Å². The van der Waals surface area contributed by atoms with Crippen molar-refractivity contribution in [2.45, 2.75) is 6.54 Å². The summed E-state index contributed by atoms with van der Waals surface area (Å²) in [5, 5.41) is 28.3. The van der Waals surface area contributed by atoms with E-state index >= 15 is 0 Å². The zero-order chi connectivity index (χ0) is 19.5. The van der Waals surface area contributed by atoms with Gasteiger partial charge < -0.3 is 15.5 Å². The summed E-state index contributed by atoms with van der Waals surface area (Å²) in [6, 6.07) is 21.9. The van der Waals surface area contributed by atoms with Crippen molar-refractivity contribution in [1.82, 2.24) is 20.1 Å². The first-order valence-corrected chi connectivity index (χ1v) is 8.95. The van der Waals surface area contributed by atoms with Crippen LogP contribution in [-0.4, -0.2) is 32.0 Å². The standard InChI is InChI=1S/C22H20N4O2/c1-23-14-15-10-12-16(13-11-15)26-22(18-7-3-5-9-20(18)28)24-21(25-26)17-6-2-4-8-19(17)27/h2-13,23,27-28H,14H2,1H3. The summed E-state index contributed by atoms with van der Waals surface area (Å²) in [6.45, 7) is 0.771. The molecule has 0 aliphatic heterocycles. The molecule has 0 bridgehead atoms. The number of aromatic hydroxyl groups is 2. The molecule has 6 nitrogen and oxygen atoms in total. The molecule has 3 aromatic carbocycles. The summed E-state index contributed by atoms with van der Waals surface area (Å²) >= 11 is 0. The van der Waals surface area contributed by atoms with Crippen LogP contribution in [-0.2, 0) is 6.54 Å². The molecule has 0 aliphatic rings. The lowest BCUT2D eigenvalue weighted by atomic mass is 10.1. The normalized spacial score (nSPS) is 10.9. The summed E-state index contributed by atoms with van der Waals surface area (Å²) in [4.78, 5) is 4.63. The Hall–Kier alpha value is -3.64. The lowest BCUT2D eigenvalue weighted by Crippen LogP contribution is -2.05. The highest BCUT2D eigenvalue weighted by molar-refractivity contribution is 5.70.